The second-order valence-corrected chi connectivity index (χ2v) is 6.29. The van der Waals surface area contributed by atoms with E-state index >= 15 is 0 Å². The van der Waals surface area contributed by atoms with Crippen LogP contribution in [0.25, 0.3) is 0 Å². The monoisotopic (exact) mass is 308 g/mol. The summed E-state index contributed by atoms with van der Waals surface area (Å²) < 4.78 is 5.37. The Kier molecular flexibility index (Phi) is 6.68. The molecule has 22 heavy (non-hydrogen) atoms. The number of rotatable bonds is 6. The van der Waals surface area contributed by atoms with Gasteiger partial charge in [-0.05, 0) is 40.7 Å². The van der Waals surface area contributed by atoms with E-state index in [9.17, 15) is 9.90 Å². The van der Waals surface area contributed by atoms with E-state index < -0.39 is 5.60 Å². The largest absolute Gasteiger partial charge is 0.508 e. The molecule has 2 N–H and O–H groups in total. The minimum Gasteiger partial charge on any atom is -0.508 e. The topological polar surface area (TPSA) is 61.8 Å². The number of carbonyl (C=O) groups is 1. The van der Waals surface area contributed by atoms with E-state index in [4.69, 9.17) is 4.74 Å². The van der Waals surface area contributed by atoms with Gasteiger partial charge in [-0.3, -0.25) is 0 Å². The standard InChI is InChI=1S/C17H28N2O3/c1-6-19(16(21)22-17(3,4)5)12-11-18-13(2)14-9-7-8-10-15(14)20/h7-10,13,18,20H,6,11-12H2,1-5H3. The van der Waals surface area contributed by atoms with Crippen LogP contribution in [0.2, 0.25) is 0 Å². The molecule has 0 fully saturated rings. The molecule has 5 heteroatoms. The van der Waals surface area contributed by atoms with Crippen LogP contribution in [0.5, 0.6) is 5.75 Å². The molecule has 0 aliphatic heterocycles. The Morgan fingerprint density at radius 3 is 2.55 bits per heavy atom. The molecule has 124 valence electrons. The van der Waals surface area contributed by atoms with Crippen LogP contribution < -0.4 is 5.32 Å². The zero-order valence-electron chi connectivity index (χ0n) is 14.2. The van der Waals surface area contributed by atoms with Crippen molar-refractivity contribution in [3.05, 3.63) is 29.8 Å². The van der Waals surface area contributed by atoms with Gasteiger partial charge in [0.25, 0.3) is 0 Å². The van der Waals surface area contributed by atoms with Gasteiger partial charge in [-0.15, -0.1) is 0 Å². The van der Waals surface area contributed by atoms with E-state index in [1.54, 1.807) is 17.0 Å². The molecule has 0 saturated heterocycles. The van der Waals surface area contributed by atoms with Crippen LogP contribution in [0.1, 0.15) is 46.2 Å². The van der Waals surface area contributed by atoms with Gasteiger partial charge in [-0.2, -0.15) is 0 Å². The average Bonchev–Trinajstić information content (AvgIpc) is 2.41. The lowest BCUT2D eigenvalue weighted by atomic mass is 10.1. The summed E-state index contributed by atoms with van der Waals surface area (Å²) in [4.78, 5) is 13.7. The number of hydrogen-bond acceptors (Lipinski definition) is 4. The summed E-state index contributed by atoms with van der Waals surface area (Å²) >= 11 is 0. The van der Waals surface area contributed by atoms with Crippen molar-refractivity contribution >= 4 is 6.09 Å². The summed E-state index contributed by atoms with van der Waals surface area (Å²) in [6.45, 7) is 11.3. The van der Waals surface area contributed by atoms with Gasteiger partial charge in [0.15, 0.2) is 0 Å². The molecule has 0 aromatic heterocycles. The molecular weight excluding hydrogens is 280 g/mol. The van der Waals surface area contributed by atoms with Crippen LogP contribution in [0.3, 0.4) is 0 Å². The molecule has 1 unspecified atom stereocenters. The van der Waals surface area contributed by atoms with Crippen molar-refractivity contribution < 1.29 is 14.6 Å². The van der Waals surface area contributed by atoms with E-state index in [0.717, 1.165) is 5.56 Å². The number of aromatic hydroxyl groups is 1. The summed E-state index contributed by atoms with van der Waals surface area (Å²) in [5.41, 5.74) is 0.365. The van der Waals surface area contributed by atoms with Crippen LogP contribution in [-0.2, 0) is 4.74 Å². The number of nitrogens with zero attached hydrogens (tertiary/aromatic N) is 1. The Balaban J connectivity index is 2.47. The molecule has 0 radical (unpaired) electrons. The molecule has 0 bridgehead atoms. The molecule has 0 aliphatic carbocycles. The SMILES string of the molecule is CCN(CCNC(C)c1ccccc1O)C(=O)OC(C)(C)C. The zero-order chi connectivity index (χ0) is 16.8. The Labute approximate surface area is 133 Å². The van der Waals surface area contributed by atoms with Gasteiger partial charge < -0.3 is 20.1 Å². The van der Waals surface area contributed by atoms with Gasteiger partial charge in [-0.25, -0.2) is 4.79 Å². The molecule has 1 amide bonds. The highest BCUT2D eigenvalue weighted by Gasteiger charge is 2.21. The maximum absolute atomic E-state index is 12.0. The summed E-state index contributed by atoms with van der Waals surface area (Å²) in [7, 11) is 0. The minimum absolute atomic E-state index is 0.0125. The number of carbonyl (C=O) groups excluding carboxylic acids is 1. The molecule has 5 nitrogen and oxygen atoms in total. The Morgan fingerprint density at radius 1 is 1.36 bits per heavy atom. The Morgan fingerprint density at radius 2 is 2.00 bits per heavy atom. The van der Waals surface area contributed by atoms with Crippen molar-refractivity contribution in [3.8, 4) is 5.75 Å². The highest BCUT2D eigenvalue weighted by molar-refractivity contribution is 5.68. The molecule has 0 spiro atoms. The predicted molar refractivity (Wildman–Crippen MR) is 88.0 cm³/mol. The summed E-state index contributed by atoms with van der Waals surface area (Å²) in [5.74, 6) is 0.280. The van der Waals surface area contributed by atoms with Crippen molar-refractivity contribution in [2.24, 2.45) is 0 Å². The molecular formula is C17H28N2O3. The lowest BCUT2D eigenvalue weighted by Crippen LogP contribution is -2.40. The fourth-order valence-electron chi connectivity index (χ4n) is 2.08. The van der Waals surface area contributed by atoms with Crippen molar-refractivity contribution in [2.75, 3.05) is 19.6 Å². The summed E-state index contributed by atoms with van der Waals surface area (Å²) in [6, 6.07) is 7.27. The van der Waals surface area contributed by atoms with Gasteiger partial charge in [0.05, 0.1) is 0 Å². The first-order chi connectivity index (χ1) is 10.2. The van der Waals surface area contributed by atoms with Gasteiger partial charge in [0.1, 0.15) is 11.4 Å². The first kappa shape index (κ1) is 18.3. The second-order valence-electron chi connectivity index (χ2n) is 6.29. The Bertz CT molecular complexity index is 483. The van der Waals surface area contributed by atoms with Gasteiger partial charge in [0.2, 0.25) is 0 Å². The number of phenolic OH excluding ortho intramolecular Hbond substituents is 1. The number of ether oxygens (including phenoxy) is 1. The fourth-order valence-corrected chi connectivity index (χ4v) is 2.08. The molecule has 0 aliphatic rings. The normalized spacial score (nSPS) is 12.8. The first-order valence-electron chi connectivity index (χ1n) is 7.73. The maximum Gasteiger partial charge on any atom is 0.410 e. The van der Waals surface area contributed by atoms with Crippen LogP contribution in [-0.4, -0.2) is 41.3 Å². The third-order valence-electron chi connectivity index (χ3n) is 3.27. The number of nitrogens with one attached hydrogen (secondary N) is 1. The second kappa shape index (κ2) is 8.03. The maximum atomic E-state index is 12.0. The molecule has 1 atom stereocenters. The molecule has 1 rings (SSSR count). The Hall–Kier alpha value is -1.75. The average molecular weight is 308 g/mol. The van der Waals surface area contributed by atoms with E-state index in [1.165, 1.54) is 0 Å². The van der Waals surface area contributed by atoms with Crippen LogP contribution in [0.4, 0.5) is 4.79 Å². The van der Waals surface area contributed by atoms with E-state index in [2.05, 4.69) is 5.32 Å². The lowest BCUT2D eigenvalue weighted by molar-refractivity contribution is 0.0261. The summed E-state index contributed by atoms with van der Waals surface area (Å²) in [5, 5.41) is 13.1. The molecule has 0 saturated carbocycles. The van der Waals surface area contributed by atoms with Crippen LogP contribution in [0, 0.1) is 0 Å². The van der Waals surface area contributed by atoms with Gasteiger partial charge in [-0.1, -0.05) is 18.2 Å². The number of benzene rings is 1. The molecule has 1 aromatic rings. The highest BCUT2D eigenvalue weighted by atomic mass is 16.6. The fraction of sp³-hybridized carbons (Fsp3) is 0.588. The number of likely N-dealkylation sites (N-methyl/N-ethyl adjacent to an activating group) is 1. The first-order valence-corrected chi connectivity index (χ1v) is 7.73. The zero-order valence-corrected chi connectivity index (χ0v) is 14.2. The van der Waals surface area contributed by atoms with E-state index in [0.29, 0.717) is 19.6 Å². The third kappa shape index (κ3) is 5.93. The third-order valence-corrected chi connectivity index (χ3v) is 3.27. The lowest BCUT2D eigenvalue weighted by Gasteiger charge is -2.27. The smallest absolute Gasteiger partial charge is 0.410 e. The van der Waals surface area contributed by atoms with Gasteiger partial charge in [0, 0.05) is 31.2 Å². The quantitative estimate of drug-likeness (QED) is 0.846. The van der Waals surface area contributed by atoms with Crippen molar-refractivity contribution in [1.29, 1.82) is 0 Å². The molecule has 0 heterocycles. The highest BCUT2D eigenvalue weighted by Crippen LogP contribution is 2.22. The van der Waals surface area contributed by atoms with E-state index in [1.807, 2.05) is 46.8 Å². The number of phenols is 1. The number of hydrogen-bond donors (Lipinski definition) is 2. The van der Waals surface area contributed by atoms with Crippen molar-refractivity contribution in [2.45, 2.75) is 46.3 Å². The molecule has 1 aromatic carbocycles. The van der Waals surface area contributed by atoms with Crippen molar-refractivity contribution in [1.82, 2.24) is 10.2 Å². The number of para-hydroxylation sites is 1. The van der Waals surface area contributed by atoms with Gasteiger partial charge >= 0.3 is 6.09 Å². The minimum atomic E-state index is -0.485. The van der Waals surface area contributed by atoms with E-state index in [-0.39, 0.29) is 17.9 Å². The van der Waals surface area contributed by atoms with Crippen molar-refractivity contribution in [3.63, 3.8) is 0 Å². The van der Waals surface area contributed by atoms with Crippen LogP contribution in [0.15, 0.2) is 24.3 Å². The van der Waals surface area contributed by atoms with Crippen LogP contribution >= 0.6 is 0 Å². The number of amides is 1. The summed E-state index contributed by atoms with van der Waals surface area (Å²) in [6.07, 6.45) is -0.299. The predicted octanol–water partition coefficient (Wildman–Crippen LogP) is 3.30.